The average Bonchev–Trinajstić information content (AvgIpc) is 2.75. The average molecular weight is 296 g/mol. The minimum atomic E-state index is 0.407. The molecule has 0 aliphatic carbocycles. The zero-order valence-corrected chi connectivity index (χ0v) is 11.3. The molecule has 2 aromatic rings. The second kappa shape index (κ2) is 5.37. The van der Waals surface area contributed by atoms with Crippen LogP contribution in [-0.4, -0.2) is 26.2 Å². The molecule has 0 saturated heterocycles. The summed E-state index contributed by atoms with van der Waals surface area (Å²) >= 11 is 3.40. The first-order valence-corrected chi connectivity index (χ1v) is 6.22. The number of rotatable bonds is 4. The highest BCUT2D eigenvalue weighted by Gasteiger charge is 2.08. The zero-order chi connectivity index (χ0) is 12.3. The molecule has 0 bridgehead atoms. The van der Waals surface area contributed by atoms with Crippen molar-refractivity contribution in [2.75, 3.05) is 0 Å². The largest absolute Gasteiger partial charge is 0.308 e. The fourth-order valence-electron chi connectivity index (χ4n) is 1.39. The molecular formula is C11H14BrN5. The van der Waals surface area contributed by atoms with Gasteiger partial charge in [0.1, 0.15) is 0 Å². The normalized spacial score (nSPS) is 11.1. The molecule has 5 nitrogen and oxygen atoms in total. The lowest BCUT2D eigenvalue weighted by atomic mass is 10.3. The van der Waals surface area contributed by atoms with Crippen LogP contribution in [0.3, 0.4) is 0 Å². The van der Waals surface area contributed by atoms with E-state index in [1.165, 1.54) is 0 Å². The van der Waals surface area contributed by atoms with E-state index in [1.807, 2.05) is 24.3 Å². The Balaban J connectivity index is 2.21. The lowest BCUT2D eigenvalue weighted by Crippen LogP contribution is -2.24. The SMILES string of the molecule is CC(C)NCc1nnnn1-c1ccc(Br)cc1. The standard InChI is InChI=1S/C11H14BrN5/c1-8(2)13-7-11-14-15-16-17(11)10-5-3-9(12)4-6-10/h3-6,8,13H,7H2,1-2H3. The molecule has 0 aliphatic rings. The van der Waals surface area contributed by atoms with E-state index in [0.717, 1.165) is 16.0 Å². The number of hydrogen-bond acceptors (Lipinski definition) is 4. The first-order chi connectivity index (χ1) is 8.16. The number of nitrogens with zero attached hydrogens (tertiary/aromatic N) is 4. The van der Waals surface area contributed by atoms with Gasteiger partial charge in [-0.15, -0.1) is 5.10 Å². The molecule has 0 fully saturated rings. The smallest absolute Gasteiger partial charge is 0.170 e. The van der Waals surface area contributed by atoms with E-state index in [9.17, 15) is 0 Å². The highest BCUT2D eigenvalue weighted by Crippen LogP contribution is 2.13. The summed E-state index contributed by atoms with van der Waals surface area (Å²) in [5.74, 6) is 0.807. The molecule has 0 aliphatic heterocycles. The molecule has 0 atom stereocenters. The van der Waals surface area contributed by atoms with Crippen molar-refractivity contribution in [1.29, 1.82) is 0 Å². The summed E-state index contributed by atoms with van der Waals surface area (Å²) in [6, 6.07) is 8.29. The number of nitrogens with one attached hydrogen (secondary N) is 1. The second-order valence-corrected chi connectivity index (χ2v) is 4.93. The minimum absolute atomic E-state index is 0.407. The molecule has 0 amide bonds. The molecule has 0 spiro atoms. The van der Waals surface area contributed by atoms with Crippen molar-refractivity contribution in [2.45, 2.75) is 26.4 Å². The maximum Gasteiger partial charge on any atom is 0.170 e. The third-order valence-corrected chi connectivity index (χ3v) is 2.80. The second-order valence-electron chi connectivity index (χ2n) is 4.02. The van der Waals surface area contributed by atoms with Gasteiger partial charge in [0.15, 0.2) is 5.82 Å². The first kappa shape index (κ1) is 12.2. The van der Waals surface area contributed by atoms with E-state index >= 15 is 0 Å². The van der Waals surface area contributed by atoms with Crippen LogP contribution >= 0.6 is 15.9 Å². The van der Waals surface area contributed by atoms with Crippen LogP contribution < -0.4 is 5.32 Å². The Bertz CT molecular complexity index is 477. The summed E-state index contributed by atoms with van der Waals surface area (Å²) < 4.78 is 2.78. The number of tetrazole rings is 1. The molecule has 1 heterocycles. The third kappa shape index (κ3) is 3.10. The van der Waals surface area contributed by atoms with Crippen LogP contribution in [0.4, 0.5) is 0 Å². The van der Waals surface area contributed by atoms with Crippen molar-refractivity contribution >= 4 is 15.9 Å². The van der Waals surface area contributed by atoms with Crippen LogP contribution in [0.5, 0.6) is 0 Å². The fraction of sp³-hybridized carbons (Fsp3) is 0.364. The van der Waals surface area contributed by atoms with Crippen molar-refractivity contribution in [3.8, 4) is 5.69 Å². The van der Waals surface area contributed by atoms with Crippen LogP contribution in [0.1, 0.15) is 19.7 Å². The Hall–Kier alpha value is -1.27. The van der Waals surface area contributed by atoms with E-state index < -0.39 is 0 Å². The van der Waals surface area contributed by atoms with Gasteiger partial charge in [0.2, 0.25) is 0 Å². The quantitative estimate of drug-likeness (QED) is 0.936. The molecule has 90 valence electrons. The molecule has 2 rings (SSSR count). The molecule has 1 N–H and O–H groups in total. The minimum Gasteiger partial charge on any atom is -0.308 e. The molecule has 0 saturated carbocycles. The lowest BCUT2D eigenvalue weighted by molar-refractivity contribution is 0.563. The van der Waals surface area contributed by atoms with Crippen LogP contribution in [0.25, 0.3) is 5.69 Å². The fourth-order valence-corrected chi connectivity index (χ4v) is 1.66. The number of halogens is 1. The van der Waals surface area contributed by atoms with E-state index in [2.05, 4.69) is 50.6 Å². The molecule has 6 heteroatoms. The van der Waals surface area contributed by atoms with E-state index in [0.29, 0.717) is 12.6 Å². The predicted octanol–water partition coefficient (Wildman–Crippen LogP) is 1.92. The van der Waals surface area contributed by atoms with Crippen LogP contribution in [0, 0.1) is 0 Å². The van der Waals surface area contributed by atoms with E-state index in [1.54, 1.807) is 4.68 Å². The Morgan fingerprint density at radius 3 is 2.65 bits per heavy atom. The van der Waals surface area contributed by atoms with Crippen molar-refractivity contribution in [1.82, 2.24) is 25.5 Å². The summed E-state index contributed by atoms with van der Waals surface area (Å²) in [4.78, 5) is 0. The van der Waals surface area contributed by atoms with Crippen molar-refractivity contribution in [3.63, 3.8) is 0 Å². The number of benzene rings is 1. The molecular weight excluding hydrogens is 282 g/mol. The van der Waals surface area contributed by atoms with Gasteiger partial charge in [-0.25, -0.2) is 0 Å². The Labute approximate surface area is 108 Å². The summed E-state index contributed by atoms with van der Waals surface area (Å²) in [6.45, 7) is 4.84. The van der Waals surface area contributed by atoms with Crippen molar-refractivity contribution < 1.29 is 0 Å². The molecule has 0 radical (unpaired) electrons. The summed E-state index contributed by atoms with van der Waals surface area (Å²) in [6.07, 6.45) is 0. The van der Waals surface area contributed by atoms with Crippen LogP contribution in [0.15, 0.2) is 28.7 Å². The zero-order valence-electron chi connectivity index (χ0n) is 9.76. The van der Waals surface area contributed by atoms with E-state index in [-0.39, 0.29) is 0 Å². The lowest BCUT2D eigenvalue weighted by Gasteiger charge is -2.08. The number of hydrogen-bond donors (Lipinski definition) is 1. The third-order valence-electron chi connectivity index (χ3n) is 2.27. The molecule has 17 heavy (non-hydrogen) atoms. The van der Waals surface area contributed by atoms with Gasteiger partial charge in [-0.3, -0.25) is 0 Å². The Morgan fingerprint density at radius 2 is 2.00 bits per heavy atom. The van der Waals surface area contributed by atoms with Gasteiger partial charge in [0.05, 0.1) is 12.2 Å². The highest BCUT2D eigenvalue weighted by molar-refractivity contribution is 9.10. The van der Waals surface area contributed by atoms with Crippen LogP contribution in [-0.2, 0) is 6.54 Å². The van der Waals surface area contributed by atoms with Gasteiger partial charge in [-0.05, 0) is 34.7 Å². The number of aromatic nitrogens is 4. The molecule has 0 unspecified atom stereocenters. The van der Waals surface area contributed by atoms with Crippen molar-refractivity contribution in [2.24, 2.45) is 0 Å². The van der Waals surface area contributed by atoms with Gasteiger partial charge in [-0.1, -0.05) is 29.8 Å². The van der Waals surface area contributed by atoms with Crippen molar-refractivity contribution in [3.05, 3.63) is 34.6 Å². The maximum absolute atomic E-state index is 4.01. The summed E-state index contributed by atoms with van der Waals surface area (Å²) in [7, 11) is 0. The van der Waals surface area contributed by atoms with Gasteiger partial charge in [-0.2, -0.15) is 4.68 Å². The topological polar surface area (TPSA) is 55.6 Å². The van der Waals surface area contributed by atoms with Gasteiger partial charge < -0.3 is 5.32 Å². The monoisotopic (exact) mass is 295 g/mol. The molecule has 1 aromatic heterocycles. The predicted molar refractivity (Wildman–Crippen MR) is 68.8 cm³/mol. The highest BCUT2D eigenvalue weighted by atomic mass is 79.9. The summed E-state index contributed by atoms with van der Waals surface area (Å²) in [5.41, 5.74) is 0.957. The van der Waals surface area contributed by atoms with E-state index in [4.69, 9.17) is 0 Å². The van der Waals surface area contributed by atoms with Crippen LogP contribution in [0.2, 0.25) is 0 Å². The Morgan fingerprint density at radius 1 is 1.29 bits per heavy atom. The maximum atomic E-state index is 4.01. The first-order valence-electron chi connectivity index (χ1n) is 5.43. The Kier molecular flexibility index (Phi) is 3.86. The van der Waals surface area contributed by atoms with Gasteiger partial charge >= 0.3 is 0 Å². The molecule has 1 aromatic carbocycles. The summed E-state index contributed by atoms with van der Waals surface area (Å²) in [5, 5.41) is 15.0. The van der Waals surface area contributed by atoms with Gasteiger partial charge in [0, 0.05) is 10.5 Å². The van der Waals surface area contributed by atoms with Gasteiger partial charge in [0.25, 0.3) is 0 Å².